The van der Waals surface area contributed by atoms with E-state index in [1.165, 1.54) is 11.3 Å². The number of thioether (sulfide) groups is 1. The largest absolute Gasteiger partial charge is 0.378 e. The van der Waals surface area contributed by atoms with Crippen molar-refractivity contribution in [1.82, 2.24) is 0 Å². The molecular formula is C16H18N2S2. The summed E-state index contributed by atoms with van der Waals surface area (Å²) in [4.78, 5) is 2.08. The van der Waals surface area contributed by atoms with Crippen LogP contribution in [0.5, 0.6) is 0 Å². The Morgan fingerprint density at radius 3 is 2.30 bits per heavy atom. The predicted molar refractivity (Wildman–Crippen MR) is 94.7 cm³/mol. The van der Waals surface area contributed by atoms with Crippen molar-refractivity contribution in [3.63, 3.8) is 0 Å². The summed E-state index contributed by atoms with van der Waals surface area (Å²) in [5, 5.41) is 3.25. The molecule has 0 fully saturated rings. The van der Waals surface area contributed by atoms with Gasteiger partial charge in [-0.3, -0.25) is 0 Å². The molecule has 0 radical (unpaired) electrons. The first-order valence-electron chi connectivity index (χ1n) is 6.40. The van der Waals surface area contributed by atoms with Gasteiger partial charge in [0, 0.05) is 31.2 Å². The normalized spacial score (nSPS) is 10.1. The van der Waals surface area contributed by atoms with E-state index in [4.69, 9.17) is 12.2 Å². The zero-order valence-corrected chi connectivity index (χ0v) is 13.3. The van der Waals surface area contributed by atoms with E-state index in [0.717, 1.165) is 15.8 Å². The molecule has 2 aromatic carbocycles. The second-order valence-corrected chi connectivity index (χ2v) is 6.28. The highest BCUT2D eigenvalue weighted by molar-refractivity contribution is 8.22. The Morgan fingerprint density at radius 2 is 1.70 bits per heavy atom. The Morgan fingerprint density at radius 1 is 1.05 bits per heavy atom. The Balaban J connectivity index is 1.85. The van der Waals surface area contributed by atoms with Gasteiger partial charge in [0.25, 0.3) is 0 Å². The summed E-state index contributed by atoms with van der Waals surface area (Å²) in [7, 11) is 4.06. The third-order valence-corrected chi connectivity index (χ3v) is 4.14. The molecule has 2 aromatic rings. The van der Waals surface area contributed by atoms with Crippen molar-refractivity contribution in [2.24, 2.45) is 0 Å². The minimum absolute atomic E-state index is 0.798. The van der Waals surface area contributed by atoms with Crippen molar-refractivity contribution in [2.75, 3.05) is 24.3 Å². The summed E-state index contributed by atoms with van der Waals surface area (Å²) in [6.07, 6.45) is 0. The summed E-state index contributed by atoms with van der Waals surface area (Å²) >= 11 is 7.01. The van der Waals surface area contributed by atoms with Crippen LogP contribution in [0.25, 0.3) is 0 Å². The van der Waals surface area contributed by atoms with Gasteiger partial charge in [-0.05, 0) is 29.8 Å². The zero-order valence-electron chi connectivity index (χ0n) is 11.7. The van der Waals surface area contributed by atoms with Gasteiger partial charge in [-0.15, -0.1) is 0 Å². The number of rotatable bonds is 4. The number of thiocarbonyl (C=S) groups is 1. The van der Waals surface area contributed by atoms with Crippen molar-refractivity contribution in [3.05, 3.63) is 60.2 Å². The Hall–Kier alpha value is -1.52. The molecule has 0 bridgehead atoms. The number of hydrogen-bond donors (Lipinski definition) is 1. The molecule has 0 heterocycles. The number of hydrogen-bond acceptors (Lipinski definition) is 3. The lowest BCUT2D eigenvalue weighted by molar-refractivity contribution is 1.13. The van der Waals surface area contributed by atoms with Crippen molar-refractivity contribution in [1.29, 1.82) is 0 Å². The molecule has 0 aromatic heterocycles. The summed E-state index contributed by atoms with van der Waals surface area (Å²) < 4.78 is 0.798. The van der Waals surface area contributed by atoms with E-state index in [1.807, 2.05) is 44.4 Å². The van der Waals surface area contributed by atoms with E-state index in [9.17, 15) is 0 Å². The van der Waals surface area contributed by atoms with Crippen LogP contribution in [0.4, 0.5) is 11.4 Å². The maximum atomic E-state index is 5.36. The molecule has 104 valence electrons. The van der Waals surface area contributed by atoms with Gasteiger partial charge in [0.1, 0.15) is 4.32 Å². The standard InChI is InChI=1S/C16H18N2S2/c1-18(2)15-10-8-14(9-11-15)17-16(19)20-12-13-6-4-3-5-7-13/h3-11H,12H2,1-2H3,(H,17,19). The van der Waals surface area contributed by atoms with E-state index in [0.29, 0.717) is 0 Å². The Bertz CT molecular complexity index is 550. The smallest absolute Gasteiger partial charge is 0.138 e. The molecule has 0 saturated carbocycles. The molecule has 0 unspecified atom stereocenters. The van der Waals surface area contributed by atoms with Crippen molar-refractivity contribution >= 4 is 39.7 Å². The molecule has 0 aliphatic heterocycles. The fraction of sp³-hybridized carbons (Fsp3) is 0.188. The molecule has 0 atom stereocenters. The monoisotopic (exact) mass is 302 g/mol. The topological polar surface area (TPSA) is 15.3 Å². The molecule has 0 saturated heterocycles. The Labute approximate surface area is 130 Å². The third kappa shape index (κ3) is 4.54. The van der Waals surface area contributed by atoms with Gasteiger partial charge in [0.2, 0.25) is 0 Å². The number of nitrogens with zero attached hydrogens (tertiary/aromatic N) is 1. The third-order valence-electron chi connectivity index (χ3n) is 2.84. The molecule has 4 heteroatoms. The van der Waals surface area contributed by atoms with Crippen LogP contribution in [0.3, 0.4) is 0 Å². The van der Waals surface area contributed by atoms with Crippen LogP contribution in [0.15, 0.2) is 54.6 Å². The maximum Gasteiger partial charge on any atom is 0.138 e. The quantitative estimate of drug-likeness (QED) is 0.843. The van der Waals surface area contributed by atoms with Gasteiger partial charge in [0.15, 0.2) is 0 Å². The van der Waals surface area contributed by atoms with Crippen molar-refractivity contribution in [3.8, 4) is 0 Å². The minimum atomic E-state index is 0.798. The molecule has 2 nitrogen and oxygen atoms in total. The molecule has 20 heavy (non-hydrogen) atoms. The van der Waals surface area contributed by atoms with Crippen molar-refractivity contribution in [2.45, 2.75) is 5.75 Å². The van der Waals surface area contributed by atoms with Crippen LogP contribution in [0, 0.1) is 0 Å². The lowest BCUT2D eigenvalue weighted by atomic mass is 10.2. The fourth-order valence-corrected chi connectivity index (χ4v) is 2.69. The average Bonchev–Trinajstić information content (AvgIpc) is 2.47. The molecule has 0 amide bonds. The Kier molecular flexibility index (Phi) is 5.44. The second-order valence-electron chi connectivity index (χ2n) is 4.63. The summed E-state index contributed by atoms with van der Waals surface area (Å²) in [5.74, 6) is 0.891. The lowest BCUT2D eigenvalue weighted by Gasteiger charge is -2.13. The summed E-state index contributed by atoms with van der Waals surface area (Å²) in [6.45, 7) is 0. The molecule has 0 spiro atoms. The van der Waals surface area contributed by atoms with Crippen LogP contribution in [0.1, 0.15) is 5.56 Å². The zero-order chi connectivity index (χ0) is 14.4. The van der Waals surface area contributed by atoms with E-state index in [1.54, 1.807) is 11.8 Å². The van der Waals surface area contributed by atoms with E-state index >= 15 is 0 Å². The highest BCUT2D eigenvalue weighted by atomic mass is 32.2. The van der Waals surface area contributed by atoms with Crippen LogP contribution >= 0.6 is 24.0 Å². The molecular weight excluding hydrogens is 284 g/mol. The van der Waals surface area contributed by atoms with Crippen molar-refractivity contribution < 1.29 is 0 Å². The lowest BCUT2D eigenvalue weighted by Crippen LogP contribution is -2.09. The highest BCUT2D eigenvalue weighted by Crippen LogP contribution is 2.19. The van der Waals surface area contributed by atoms with Crippen LogP contribution < -0.4 is 10.2 Å². The number of nitrogens with one attached hydrogen (secondary N) is 1. The number of anilines is 2. The first-order chi connectivity index (χ1) is 9.65. The van der Waals surface area contributed by atoms with Gasteiger partial charge in [-0.1, -0.05) is 54.3 Å². The summed E-state index contributed by atoms with van der Waals surface area (Å²) in [5.41, 5.74) is 3.49. The second kappa shape index (κ2) is 7.31. The van der Waals surface area contributed by atoms with E-state index in [-0.39, 0.29) is 0 Å². The van der Waals surface area contributed by atoms with E-state index in [2.05, 4.69) is 34.5 Å². The van der Waals surface area contributed by atoms with Crippen LogP contribution in [-0.2, 0) is 5.75 Å². The molecule has 1 N–H and O–H groups in total. The predicted octanol–water partition coefficient (Wildman–Crippen LogP) is 4.38. The molecule has 0 aliphatic rings. The fourth-order valence-electron chi connectivity index (χ4n) is 1.72. The number of benzene rings is 2. The molecule has 2 rings (SSSR count). The SMILES string of the molecule is CN(C)c1ccc(NC(=S)SCc2ccccc2)cc1. The average molecular weight is 302 g/mol. The summed E-state index contributed by atoms with van der Waals surface area (Å²) in [6, 6.07) is 18.6. The van der Waals surface area contributed by atoms with Gasteiger partial charge >= 0.3 is 0 Å². The van der Waals surface area contributed by atoms with Gasteiger partial charge in [-0.2, -0.15) is 0 Å². The van der Waals surface area contributed by atoms with Crippen LogP contribution in [-0.4, -0.2) is 18.4 Å². The molecule has 0 aliphatic carbocycles. The van der Waals surface area contributed by atoms with E-state index < -0.39 is 0 Å². The van der Waals surface area contributed by atoms with Gasteiger partial charge < -0.3 is 10.2 Å². The van der Waals surface area contributed by atoms with Crippen LogP contribution in [0.2, 0.25) is 0 Å². The highest BCUT2D eigenvalue weighted by Gasteiger charge is 2.01. The first-order valence-corrected chi connectivity index (χ1v) is 7.79. The first kappa shape index (κ1) is 14.9. The van der Waals surface area contributed by atoms with Gasteiger partial charge in [0.05, 0.1) is 0 Å². The maximum absolute atomic E-state index is 5.36. The van der Waals surface area contributed by atoms with Gasteiger partial charge in [-0.25, -0.2) is 0 Å². The minimum Gasteiger partial charge on any atom is -0.378 e.